The molecule has 1 amide bonds. The molecule has 0 aliphatic carbocycles. The maximum Gasteiger partial charge on any atom is 0.289 e. The fourth-order valence-electron chi connectivity index (χ4n) is 2.37. The minimum atomic E-state index is -0.0137. The fourth-order valence-corrected chi connectivity index (χ4v) is 2.37. The summed E-state index contributed by atoms with van der Waals surface area (Å²) in [4.78, 5) is 14.3. The van der Waals surface area contributed by atoms with E-state index in [0.29, 0.717) is 5.76 Å². The zero-order chi connectivity index (χ0) is 12.5. The van der Waals surface area contributed by atoms with Crippen molar-refractivity contribution in [2.24, 2.45) is 0 Å². The highest BCUT2D eigenvalue weighted by atomic mass is 16.3. The summed E-state index contributed by atoms with van der Waals surface area (Å²) in [6.07, 6.45) is 0. The molecule has 2 heterocycles. The van der Waals surface area contributed by atoms with E-state index in [2.05, 4.69) is 5.32 Å². The van der Waals surface area contributed by atoms with Crippen molar-refractivity contribution in [3.05, 3.63) is 36.1 Å². The van der Waals surface area contributed by atoms with Crippen LogP contribution in [0.2, 0.25) is 0 Å². The lowest BCUT2D eigenvalue weighted by Gasteiger charge is -2.33. The molecular formula is C14H16N2O2. The molecule has 94 valence electrons. The summed E-state index contributed by atoms with van der Waals surface area (Å²) in [6, 6.07) is 9.73. The Hall–Kier alpha value is -1.81. The third-order valence-electron chi connectivity index (χ3n) is 3.40. The highest BCUT2D eigenvalue weighted by Gasteiger charge is 2.26. The van der Waals surface area contributed by atoms with Crippen molar-refractivity contribution in [3.8, 4) is 0 Å². The van der Waals surface area contributed by atoms with Crippen LogP contribution in [0.25, 0.3) is 11.0 Å². The molecule has 3 rings (SSSR count). The Balaban J connectivity index is 1.91. The molecule has 1 aromatic carbocycles. The Bertz CT molecular complexity index is 543. The van der Waals surface area contributed by atoms with Gasteiger partial charge in [0.05, 0.1) is 0 Å². The highest BCUT2D eigenvalue weighted by molar-refractivity contribution is 5.96. The standard InChI is InChI=1S/C14H16N2O2/c1-10-9-15-6-7-16(10)14(17)13-8-11-4-2-3-5-12(11)18-13/h2-5,8,10,15H,6-7,9H2,1H3/t10-/m0/s1. The molecule has 4 nitrogen and oxygen atoms in total. The van der Waals surface area contributed by atoms with Gasteiger partial charge >= 0.3 is 0 Å². The quantitative estimate of drug-likeness (QED) is 0.833. The van der Waals surface area contributed by atoms with Crippen molar-refractivity contribution in [2.75, 3.05) is 19.6 Å². The molecule has 4 heteroatoms. The number of hydrogen-bond acceptors (Lipinski definition) is 3. The molecule has 1 saturated heterocycles. The molecule has 1 aliphatic rings. The molecule has 0 bridgehead atoms. The van der Waals surface area contributed by atoms with Gasteiger partial charge in [-0.2, -0.15) is 0 Å². The molecule has 1 aromatic heterocycles. The Morgan fingerprint density at radius 2 is 2.28 bits per heavy atom. The Kier molecular flexibility index (Phi) is 2.80. The van der Waals surface area contributed by atoms with Crippen LogP contribution in [-0.4, -0.2) is 36.5 Å². The normalized spacial score (nSPS) is 20.3. The van der Waals surface area contributed by atoms with E-state index in [0.717, 1.165) is 30.6 Å². The van der Waals surface area contributed by atoms with Gasteiger partial charge in [0.1, 0.15) is 5.58 Å². The van der Waals surface area contributed by atoms with Crippen LogP contribution in [0.3, 0.4) is 0 Å². The van der Waals surface area contributed by atoms with E-state index in [-0.39, 0.29) is 11.9 Å². The summed E-state index contributed by atoms with van der Waals surface area (Å²) in [7, 11) is 0. The van der Waals surface area contributed by atoms with Gasteiger partial charge in [-0.25, -0.2) is 0 Å². The molecule has 1 atom stereocenters. The minimum Gasteiger partial charge on any atom is -0.451 e. The first-order valence-corrected chi connectivity index (χ1v) is 6.26. The summed E-state index contributed by atoms with van der Waals surface area (Å²) < 4.78 is 5.62. The SMILES string of the molecule is C[C@H]1CNCCN1C(=O)c1cc2ccccc2o1. The van der Waals surface area contributed by atoms with Gasteiger partial charge in [-0.1, -0.05) is 18.2 Å². The molecule has 0 saturated carbocycles. The second-order valence-electron chi connectivity index (χ2n) is 4.70. The van der Waals surface area contributed by atoms with Gasteiger partial charge < -0.3 is 14.6 Å². The lowest BCUT2D eigenvalue weighted by Crippen LogP contribution is -2.52. The zero-order valence-corrected chi connectivity index (χ0v) is 10.3. The molecule has 1 N–H and O–H groups in total. The Morgan fingerprint density at radius 1 is 1.44 bits per heavy atom. The Labute approximate surface area is 106 Å². The summed E-state index contributed by atoms with van der Waals surface area (Å²) in [5.41, 5.74) is 0.767. The van der Waals surface area contributed by atoms with Gasteiger partial charge in [-0.15, -0.1) is 0 Å². The van der Waals surface area contributed by atoms with Crippen LogP contribution in [0.15, 0.2) is 34.7 Å². The number of piperazine rings is 1. The van der Waals surface area contributed by atoms with Crippen molar-refractivity contribution in [3.63, 3.8) is 0 Å². The average Bonchev–Trinajstić information content (AvgIpc) is 2.82. The summed E-state index contributed by atoms with van der Waals surface area (Å²) >= 11 is 0. The number of nitrogens with zero attached hydrogens (tertiary/aromatic N) is 1. The first kappa shape index (κ1) is 11.3. The topological polar surface area (TPSA) is 45.5 Å². The van der Waals surface area contributed by atoms with E-state index in [1.807, 2.05) is 42.2 Å². The third-order valence-corrected chi connectivity index (χ3v) is 3.40. The van der Waals surface area contributed by atoms with Gasteiger partial charge in [0.25, 0.3) is 5.91 Å². The number of fused-ring (bicyclic) bond motifs is 1. The van der Waals surface area contributed by atoms with E-state index in [9.17, 15) is 4.79 Å². The van der Waals surface area contributed by atoms with Crippen LogP contribution >= 0.6 is 0 Å². The molecule has 0 unspecified atom stereocenters. The van der Waals surface area contributed by atoms with Gasteiger partial charge in [0.2, 0.25) is 0 Å². The number of nitrogens with one attached hydrogen (secondary N) is 1. The average molecular weight is 244 g/mol. The van der Waals surface area contributed by atoms with Crippen LogP contribution in [0.4, 0.5) is 0 Å². The van der Waals surface area contributed by atoms with Crippen LogP contribution in [0, 0.1) is 0 Å². The number of furan rings is 1. The molecule has 18 heavy (non-hydrogen) atoms. The minimum absolute atomic E-state index is 0.0137. The lowest BCUT2D eigenvalue weighted by molar-refractivity contribution is 0.0625. The summed E-state index contributed by atoms with van der Waals surface area (Å²) in [6.45, 7) is 4.46. The lowest BCUT2D eigenvalue weighted by atomic mass is 10.2. The smallest absolute Gasteiger partial charge is 0.289 e. The van der Waals surface area contributed by atoms with Gasteiger partial charge in [0, 0.05) is 31.1 Å². The maximum atomic E-state index is 12.4. The Morgan fingerprint density at radius 3 is 3.06 bits per heavy atom. The van der Waals surface area contributed by atoms with Crippen LogP contribution in [-0.2, 0) is 0 Å². The van der Waals surface area contributed by atoms with Gasteiger partial charge in [-0.05, 0) is 19.1 Å². The molecule has 1 fully saturated rings. The molecular weight excluding hydrogens is 228 g/mol. The van der Waals surface area contributed by atoms with Gasteiger partial charge in [-0.3, -0.25) is 4.79 Å². The van der Waals surface area contributed by atoms with E-state index >= 15 is 0 Å². The van der Waals surface area contributed by atoms with E-state index in [1.165, 1.54) is 0 Å². The number of carbonyl (C=O) groups is 1. The van der Waals surface area contributed by atoms with Crippen molar-refractivity contribution >= 4 is 16.9 Å². The summed E-state index contributed by atoms with van der Waals surface area (Å²) in [5, 5.41) is 4.25. The molecule has 2 aromatic rings. The van der Waals surface area contributed by atoms with Crippen LogP contribution in [0.5, 0.6) is 0 Å². The van der Waals surface area contributed by atoms with E-state index < -0.39 is 0 Å². The number of hydrogen-bond donors (Lipinski definition) is 1. The number of amides is 1. The van der Waals surface area contributed by atoms with Crippen LogP contribution < -0.4 is 5.32 Å². The predicted molar refractivity (Wildman–Crippen MR) is 69.6 cm³/mol. The monoisotopic (exact) mass is 244 g/mol. The van der Waals surface area contributed by atoms with Crippen molar-refractivity contribution in [2.45, 2.75) is 13.0 Å². The number of carbonyl (C=O) groups excluding carboxylic acids is 1. The first-order valence-electron chi connectivity index (χ1n) is 6.26. The predicted octanol–water partition coefficient (Wildman–Crippen LogP) is 1.87. The van der Waals surface area contributed by atoms with Crippen LogP contribution in [0.1, 0.15) is 17.5 Å². The number of benzene rings is 1. The fraction of sp³-hybridized carbons (Fsp3) is 0.357. The third kappa shape index (κ3) is 1.88. The van der Waals surface area contributed by atoms with Crippen molar-refractivity contribution in [1.82, 2.24) is 10.2 Å². The first-order chi connectivity index (χ1) is 8.75. The molecule has 0 spiro atoms. The van der Waals surface area contributed by atoms with Crippen molar-refractivity contribution in [1.29, 1.82) is 0 Å². The van der Waals surface area contributed by atoms with E-state index in [1.54, 1.807) is 0 Å². The van der Waals surface area contributed by atoms with Gasteiger partial charge in [0.15, 0.2) is 5.76 Å². The molecule has 1 aliphatic heterocycles. The molecule has 0 radical (unpaired) electrons. The number of rotatable bonds is 1. The van der Waals surface area contributed by atoms with Crippen molar-refractivity contribution < 1.29 is 9.21 Å². The zero-order valence-electron chi connectivity index (χ0n) is 10.3. The van der Waals surface area contributed by atoms with E-state index in [4.69, 9.17) is 4.42 Å². The number of para-hydroxylation sites is 1. The largest absolute Gasteiger partial charge is 0.451 e. The summed E-state index contributed by atoms with van der Waals surface area (Å²) in [5.74, 6) is 0.421. The maximum absolute atomic E-state index is 12.4. The highest BCUT2D eigenvalue weighted by Crippen LogP contribution is 2.21. The second kappa shape index (κ2) is 4.46. The second-order valence-corrected chi connectivity index (χ2v) is 4.70.